The van der Waals surface area contributed by atoms with Gasteiger partial charge in [0.05, 0.1) is 5.52 Å². The highest BCUT2D eigenvalue weighted by Gasteiger charge is 2.28. The molecule has 1 fully saturated rings. The van der Waals surface area contributed by atoms with E-state index in [1.54, 1.807) is 6.07 Å². The van der Waals surface area contributed by atoms with Crippen LogP contribution >= 0.6 is 0 Å². The van der Waals surface area contributed by atoms with Crippen LogP contribution in [0.15, 0.2) is 72.8 Å². The van der Waals surface area contributed by atoms with E-state index in [0.29, 0.717) is 43.1 Å². The lowest BCUT2D eigenvalue weighted by Crippen LogP contribution is -2.37. The van der Waals surface area contributed by atoms with Crippen LogP contribution in [0.3, 0.4) is 0 Å². The molecule has 184 valence electrons. The monoisotopic (exact) mass is 481 g/mol. The highest BCUT2D eigenvalue weighted by atomic mass is 16.2. The molecule has 1 aromatic heterocycles. The third kappa shape index (κ3) is 5.30. The van der Waals surface area contributed by atoms with E-state index in [9.17, 15) is 9.59 Å². The number of aromatic amines is 1. The summed E-state index contributed by atoms with van der Waals surface area (Å²) in [7, 11) is 0. The molecule has 4 aromatic rings. The maximum atomic E-state index is 13.1. The number of nitrogens with zero attached hydrogens (tertiary/aromatic N) is 4. The Hall–Kier alpha value is -4.00. The van der Waals surface area contributed by atoms with E-state index in [0.717, 1.165) is 24.9 Å². The Labute approximate surface area is 211 Å². The number of aromatic nitrogens is 3. The number of benzene rings is 3. The van der Waals surface area contributed by atoms with Gasteiger partial charge in [0.25, 0.3) is 5.91 Å². The molecule has 0 aliphatic carbocycles. The minimum absolute atomic E-state index is 0.00822. The molecule has 1 aliphatic rings. The summed E-state index contributed by atoms with van der Waals surface area (Å²) in [6.45, 7) is 4.73. The van der Waals surface area contributed by atoms with Crippen LogP contribution in [0.2, 0.25) is 0 Å². The summed E-state index contributed by atoms with van der Waals surface area (Å²) in [5, 5.41) is 10.6. The smallest absolute Gasteiger partial charge is 0.253 e. The zero-order valence-electron chi connectivity index (χ0n) is 20.6. The first-order valence-electron chi connectivity index (χ1n) is 12.6. The Morgan fingerprint density at radius 3 is 2.58 bits per heavy atom. The minimum Gasteiger partial charge on any atom is -0.342 e. The molecule has 0 radical (unpaired) electrons. The number of rotatable bonds is 8. The van der Waals surface area contributed by atoms with Crippen molar-refractivity contribution in [3.05, 3.63) is 83.9 Å². The standard InChI is InChI=1S/C29H31N5O2/c1-2-33(29(36)25-13-14-26-27(18-25)31-32-30-26)19-22-16-17-34(20-22)28(35)15-10-21-8-11-24(12-9-21)23-6-4-3-5-7-23/h3-9,11-14,18,22H,2,10,15-17,19-20H2,1H3,(H,30,31,32)/t22-/m0/s1. The van der Waals surface area contributed by atoms with E-state index in [2.05, 4.69) is 51.8 Å². The molecule has 2 heterocycles. The summed E-state index contributed by atoms with van der Waals surface area (Å²) in [6, 6.07) is 24.2. The first-order chi connectivity index (χ1) is 17.6. The molecule has 0 spiro atoms. The lowest BCUT2D eigenvalue weighted by molar-refractivity contribution is -0.130. The van der Waals surface area contributed by atoms with E-state index in [4.69, 9.17) is 0 Å². The molecule has 1 N–H and O–H groups in total. The SMILES string of the molecule is CCN(C[C@@H]1CCN(C(=O)CCc2ccc(-c3ccccc3)cc2)C1)C(=O)c1ccc2[nH]nnc2c1. The number of H-pyrrole nitrogens is 1. The fourth-order valence-electron chi connectivity index (χ4n) is 4.94. The van der Waals surface area contributed by atoms with Crippen molar-refractivity contribution < 1.29 is 9.59 Å². The fourth-order valence-corrected chi connectivity index (χ4v) is 4.94. The summed E-state index contributed by atoms with van der Waals surface area (Å²) >= 11 is 0. The van der Waals surface area contributed by atoms with Crippen LogP contribution in [-0.2, 0) is 11.2 Å². The number of aryl methyl sites for hydroxylation is 1. The Morgan fingerprint density at radius 1 is 1.03 bits per heavy atom. The summed E-state index contributed by atoms with van der Waals surface area (Å²) in [4.78, 5) is 29.8. The molecule has 1 aliphatic heterocycles. The maximum absolute atomic E-state index is 13.1. The highest BCUT2D eigenvalue weighted by molar-refractivity contribution is 5.97. The first kappa shape index (κ1) is 23.7. The fraction of sp³-hybridized carbons (Fsp3) is 0.310. The Bertz CT molecular complexity index is 1330. The number of carbonyl (C=O) groups is 2. The first-order valence-corrected chi connectivity index (χ1v) is 12.6. The summed E-state index contributed by atoms with van der Waals surface area (Å²) in [5.74, 6) is 0.473. The normalized spacial score (nSPS) is 15.4. The van der Waals surface area contributed by atoms with Crippen LogP contribution in [0.5, 0.6) is 0 Å². The second-order valence-electron chi connectivity index (χ2n) is 9.44. The van der Waals surface area contributed by atoms with Crippen molar-refractivity contribution in [2.24, 2.45) is 5.92 Å². The van der Waals surface area contributed by atoms with Gasteiger partial charge in [0.1, 0.15) is 5.52 Å². The van der Waals surface area contributed by atoms with Gasteiger partial charge < -0.3 is 9.80 Å². The average Bonchev–Trinajstić information content (AvgIpc) is 3.60. The van der Waals surface area contributed by atoms with Gasteiger partial charge in [-0.15, -0.1) is 5.10 Å². The van der Waals surface area contributed by atoms with E-state index in [1.165, 1.54) is 16.7 Å². The van der Waals surface area contributed by atoms with Gasteiger partial charge in [-0.05, 0) is 60.6 Å². The van der Waals surface area contributed by atoms with Crippen molar-refractivity contribution in [1.82, 2.24) is 25.2 Å². The highest BCUT2D eigenvalue weighted by Crippen LogP contribution is 2.22. The Morgan fingerprint density at radius 2 is 1.81 bits per heavy atom. The van der Waals surface area contributed by atoms with Crippen molar-refractivity contribution in [2.45, 2.75) is 26.2 Å². The van der Waals surface area contributed by atoms with Gasteiger partial charge in [-0.25, -0.2) is 0 Å². The van der Waals surface area contributed by atoms with Gasteiger partial charge in [-0.2, -0.15) is 0 Å². The lowest BCUT2D eigenvalue weighted by atomic mass is 10.0. The van der Waals surface area contributed by atoms with Crippen LogP contribution < -0.4 is 0 Å². The third-order valence-corrected chi connectivity index (χ3v) is 7.05. The maximum Gasteiger partial charge on any atom is 0.253 e. The topological polar surface area (TPSA) is 82.2 Å². The predicted octanol–water partition coefficient (Wildman–Crippen LogP) is 4.57. The molecule has 1 atom stereocenters. The van der Waals surface area contributed by atoms with Crippen LogP contribution in [0.4, 0.5) is 0 Å². The van der Waals surface area contributed by atoms with Gasteiger partial charge in [0.2, 0.25) is 5.91 Å². The Balaban J connectivity index is 1.12. The van der Waals surface area contributed by atoms with Gasteiger partial charge in [0.15, 0.2) is 0 Å². The van der Waals surface area contributed by atoms with Gasteiger partial charge in [-0.1, -0.05) is 59.8 Å². The van der Waals surface area contributed by atoms with Gasteiger partial charge in [-0.3, -0.25) is 14.7 Å². The zero-order chi connectivity index (χ0) is 24.9. The average molecular weight is 482 g/mol. The molecule has 7 heteroatoms. The van der Waals surface area contributed by atoms with Crippen LogP contribution in [-0.4, -0.2) is 63.2 Å². The molecular weight excluding hydrogens is 450 g/mol. The quantitative estimate of drug-likeness (QED) is 0.400. The number of hydrogen-bond acceptors (Lipinski definition) is 4. The largest absolute Gasteiger partial charge is 0.342 e. The number of likely N-dealkylation sites (tertiary alicyclic amines) is 1. The molecule has 7 nitrogen and oxygen atoms in total. The predicted molar refractivity (Wildman–Crippen MR) is 140 cm³/mol. The molecule has 5 rings (SSSR count). The number of fused-ring (bicyclic) bond motifs is 1. The van der Waals surface area contributed by atoms with E-state index < -0.39 is 0 Å². The lowest BCUT2D eigenvalue weighted by Gasteiger charge is -2.25. The van der Waals surface area contributed by atoms with Gasteiger partial charge >= 0.3 is 0 Å². The molecule has 0 saturated carbocycles. The molecule has 36 heavy (non-hydrogen) atoms. The van der Waals surface area contributed by atoms with Crippen molar-refractivity contribution in [1.29, 1.82) is 0 Å². The molecule has 2 amide bonds. The van der Waals surface area contributed by atoms with Crippen molar-refractivity contribution >= 4 is 22.8 Å². The number of nitrogens with one attached hydrogen (secondary N) is 1. The van der Waals surface area contributed by atoms with E-state index in [1.807, 2.05) is 47.1 Å². The number of hydrogen-bond donors (Lipinski definition) is 1. The molecule has 3 aromatic carbocycles. The van der Waals surface area contributed by atoms with E-state index >= 15 is 0 Å². The Kier molecular flexibility index (Phi) is 7.07. The van der Waals surface area contributed by atoms with E-state index in [-0.39, 0.29) is 11.8 Å². The van der Waals surface area contributed by atoms with Crippen LogP contribution in [0, 0.1) is 5.92 Å². The summed E-state index contributed by atoms with van der Waals surface area (Å²) in [6.07, 6.45) is 2.16. The van der Waals surface area contributed by atoms with Crippen LogP contribution in [0.25, 0.3) is 22.2 Å². The van der Waals surface area contributed by atoms with Crippen molar-refractivity contribution in [2.75, 3.05) is 26.2 Å². The molecular formula is C29H31N5O2. The second-order valence-corrected chi connectivity index (χ2v) is 9.44. The number of amides is 2. The summed E-state index contributed by atoms with van der Waals surface area (Å²) < 4.78 is 0. The molecule has 0 unspecified atom stereocenters. The minimum atomic E-state index is -0.00822. The summed E-state index contributed by atoms with van der Waals surface area (Å²) in [5.41, 5.74) is 5.66. The van der Waals surface area contributed by atoms with Crippen molar-refractivity contribution in [3.8, 4) is 11.1 Å². The van der Waals surface area contributed by atoms with Gasteiger partial charge in [0, 0.05) is 38.2 Å². The van der Waals surface area contributed by atoms with Crippen molar-refractivity contribution in [3.63, 3.8) is 0 Å². The zero-order valence-corrected chi connectivity index (χ0v) is 20.6. The number of carbonyl (C=O) groups excluding carboxylic acids is 2. The second kappa shape index (κ2) is 10.7. The van der Waals surface area contributed by atoms with Crippen LogP contribution in [0.1, 0.15) is 35.7 Å². The third-order valence-electron chi connectivity index (χ3n) is 7.05. The molecule has 1 saturated heterocycles. The molecule has 0 bridgehead atoms.